The molecule has 28 heavy (non-hydrogen) atoms. The van der Waals surface area contributed by atoms with Gasteiger partial charge >= 0.3 is 0 Å². The van der Waals surface area contributed by atoms with Crippen LogP contribution in [0.25, 0.3) is 16.8 Å². The van der Waals surface area contributed by atoms with E-state index in [1.165, 1.54) is 10.8 Å². The van der Waals surface area contributed by atoms with Gasteiger partial charge < -0.3 is 9.47 Å². The van der Waals surface area contributed by atoms with Gasteiger partial charge in [0.1, 0.15) is 17.2 Å². The van der Waals surface area contributed by atoms with Gasteiger partial charge in [0, 0.05) is 16.7 Å². The predicted molar refractivity (Wildman–Crippen MR) is 112 cm³/mol. The van der Waals surface area contributed by atoms with E-state index in [-0.39, 0.29) is 0 Å². The standard InChI is InChI=1S/C26H18O2/c1-17-16-20-19-9-3-2-8-18(19)14-15-23(20)28-26(17)21-10-4-6-12-24(21)27-25-13-7-5-11-22(25)26/h2-16H,1H3. The third-order valence-corrected chi connectivity index (χ3v) is 5.86. The second kappa shape index (κ2) is 5.49. The van der Waals surface area contributed by atoms with E-state index < -0.39 is 5.60 Å². The Balaban J connectivity index is 1.68. The summed E-state index contributed by atoms with van der Waals surface area (Å²) in [6.45, 7) is 2.16. The van der Waals surface area contributed by atoms with Gasteiger partial charge in [-0.1, -0.05) is 66.7 Å². The van der Waals surface area contributed by atoms with Crippen molar-refractivity contribution in [2.24, 2.45) is 0 Å². The van der Waals surface area contributed by atoms with Gasteiger partial charge in [0.2, 0.25) is 0 Å². The van der Waals surface area contributed by atoms with Gasteiger partial charge in [0.05, 0.1) is 0 Å². The van der Waals surface area contributed by atoms with Crippen LogP contribution in [0.4, 0.5) is 0 Å². The molecule has 134 valence electrons. The second-order valence-corrected chi connectivity index (χ2v) is 7.40. The van der Waals surface area contributed by atoms with E-state index in [2.05, 4.69) is 61.5 Å². The Morgan fingerprint density at radius 1 is 0.643 bits per heavy atom. The van der Waals surface area contributed by atoms with Crippen molar-refractivity contribution in [2.45, 2.75) is 12.5 Å². The number of para-hydroxylation sites is 2. The molecule has 2 aliphatic heterocycles. The summed E-state index contributed by atoms with van der Waals surface area (Å²) in [6.07, 6.45) is 2.28. The highest BCUT2D eigenvalue weighted by Crippen LogP contribution is 2.55. The number of fused-ring (bicyclic) bond motifs is 7. The van der Waals surface area contributed by atoms with Gasteiger partial charge in [-0.15, -0.1) is 0 Å². The fraction of sp³-hybridized carbons (Fsp3) is 0.0769. The molecule has 2 nitrogen and oxygen atoms in total. The molecule has 2 aliphatic rings. The molecule has 6 rings (SSSR count). The Bertz CT molecular complexity index is 1240. The van der Waals surface area contributed by atoms with Crippen molar-refractivity contribution in [1.29, 1.82) is 0 Å². The average molecular weight is 362 g/mol. The highest BCUT2D eigenvalue weighted by molar-refractivity contribution is 5.94. The third kappa shape index (κ3) is 1.92. The third-order valence-electron chi connectivity index (χ3n) is 5.86. The number of rotatable bonds is 0. The summed E-state index contributed by atoms with van der Waals surface area (Å²) < 4.78 is 13.1. The van der Waals surface area contributed by atoms with Crippen molar-refractivity contribution in [3.8, 4) is 17.2 Å². The predicted octanol–water partition coefficient (Wildman–Crippen LogP) is 6.69. The molecular formula is C26H18O2. The normalized spacial score (nSPS) is 15.7. The largest absolute Gasteiger partial charge is 0.472 e. The van der Waals surface area contributed by atoms with Crippen LogP contribution in [0.1, 0.15) is 23.6 Å². The molecule has 2 heterocycles. The topological polar surface area (TPSA) is 18.5 Å². The summed E-state index contributed by atoms with van der Waals surface area (Å²) in [7, 11) is 0. The Morgan fingerprint density at radius 2 is 1.29 bits per heavy atom. The molecular weight excluding hydrogens is 344 g/mol. The maximum atomic E-state index is 6.89. The average Bonchev–Trinajstić information content (AvgIpc) is 2.74. The number of hydrogen-bond acceptors (Lipinski definition) is 2. The maximum Gasteiger partial charge on any atom is 0.187 e. The molecule has 0 atom stereocenters. The van der Waals surface area contributed by atoms with E-state index in [4.69, 9.17) is 9.47 Å². The van der Waals surface area contributed by atoms with E-state index in [0.717, 1.165) is 39.5 Å². The van der Waals surface area contributed by atoms with Gasteiger partial charge in [0.15, 0.2) is 5.60 Å². The molecule has 4 aromatic rings. The van der Waals surface area contributed by atoms with Crippen molar-refractivity contribution in [1.82, 2.24) is 0 Å². The first-order valence-corrected chi connectivity index (χ1v) is 9.54. The van der Waals surface area contributed by atoms with Crippen molar-refractivity contribution >= 4 is 16.8 Å². The van der Waals surface area contributed by atoms with E-state index in [9.17, 15) is 0 Å². The van der Waals surface area contributed by atoms with E-state index in [1.807, 2.05) is 36.4 Å². The zero-order chi connectivity index (χ0) is 18.7. The van der Waals surface area contributed by atoms with E-state index >= 15 is 0 Å². The highest BCUT2D eigenvalue weighted by Gasteiger charge is 2.47. The molecule has 0 saturated heterocycles. The minimum absolute atomic E-state index is 0.680. The summed E-state index contributed by atoms with van der Waals surface area (Å²) in [5.41, 5.74) is 3.70. The zero-order valence-corrected chi connectivity index (χ0v) is 15.5. The number of ether oxygens (including phenoxy) is 2. The molecule has 0 aromatic heterocycles. The van der Waals surface area contributed by atoms with Crippen LogP contribution in [0.2, 0.25) is 0 Å². The summed E-state index contributed by atoms with van der Waals surface area (Å²) in [4.78, 5) is 0. The lowest BCUT2D eigenvalue weighted by Gasteiger charge is -2.43. The molecule has 0 fully saturated rings. The lowest BCUT2D eigenvalue weighted by molar-refractivity contribution is 0.134. The molecule has 0 unspecified atom stereocenters. The Morgan fingerprint density at radius 3 is 2.04 bits per heavy atom. The maximum absolute atomic E-state index is 6.89. The second-order valence-electron chi connectivity index (χ2n) is 7.40. The van der Waals surface area contributed by atoms with Gasteiger partial charge in [-0.25, -0.2) is 0 Å². The fourth-order valence-electron chi connectivity index (χ4n) is 4.57. The van der Waals surface area contributed by atoms with Crippen molar-refractivity contribution in [3.05, 3.63) is 107 Å². The number of benzene rings is 4. The van der Waals surface area contributed by atoms with Crippen LogP contribution in [0.5, 0.6) is 17.2 Å². The monoisotopic (exact) mass is 362 g/mol. The first-order chi connectivity index (χ1) is 13.8. The Labute approximate surface area is 163 Å². The van der Waals surface area contributed by atoms with Gasteiger partial charge in [0.25, 0.3) is 0 Å². The molecule has 0 amide bonds. The van der Waals surface area contributed by atoms with Gasteiger partial charge in [-0.05, 0) is 47.5 Å². The van der Waals surface area contributed by atoms with Crippen molar-refractivity contribution in [3.63, 3.8) is 0 Å². The van der Waals surface area contributed by atoms with Gasteiger partial charge in [-0.3, -0.25) is 0 Å². The molecule has 4 aromatic carbocycles. The van der Waals surface area contributed by atoms with Gasteiger partial charge in [-0.2, -0.15) is 0 Å². The van der Waals surface area contributed by atoms with Crippen molar-refractivity contribution in [2.75, 3.05) is 0 Å². The summed E-state index contributed by atoms with van der Waals surface area (Å²) in [6, 6.07) is 29.0. The van der Waals surface area contributed by atoms with E-state index in [0.29, 0.717) is 0 Å². The first kappa shape index (κ1) is 15.5. The minimum Gasteiger partial charge on any atom is -0.472 e. The molecule has 0 N–H and O–H groups in total. The number of hydrogen-bond donors (Lipinski definition) is 0. The fourth-order valence-corrected chi connectivity index (χ4v) is 4.57. The van der Waals surface area contributed by atoms with Crippen LogP contribution in [0.3, 0.4) is 0 Å². The van der Waals surface area contributed by atoms with E-state index in [1.54, 1.807) is 0 Å². The van der Waals surface area contributed by atoms with Crippen LogP contribution in [0, 0.1) is 0 Å². The zero-order valence-electron chi connectivity index (χ0n) is 15.5. The molecule has 1 spiro atoms. The minimum atomic E-state index is -0.680. The molecule has 0 radical (unpaired) electrons. The quantitative estimate of drug-likeness (QED) is 0.347. The van der Waals surface area contributed by atoms with Crippen LogP contribution < -0.4 is 9.47 Å². The van der Waals surface area contributed by atoms with Crippen molar-refractivity contribution < 1.29 is 9.47 Å². The Hall–Kier alpha value is -3.52. The van der Waals surface area contributed by atoms with Crippen LogP contribution in [-0.4, -0.2) is 0 Å². The molecule has 0 aliphatic carbocycles. The molecule has 0 bridgehead atoms. The molecule has 2 heteroatoms. The first-order valence-electron chi connectivity index (χ1n) is 9.54. The lowest BCUT2D eigenvalue weighted by atomic mass is 9.76. The van der Waals surface area contributed by atoms with Crippen LogP contribution >= 0.6 is 0 Å². The van der Waals surface area contributed by atoms with Crippen LogP contribution in [0.15, 0.2) is 90.5 Å². The lowest BCUT2D eigenvalue weighted by Crippen LogP contribution is -2.40. The highest BCUT2D eigenvalue weighted by atomic mass is 16.5. The SMILES string of the molecule is CC1=Cc2c(ccc3ccccc23)OC12c1ccccc1Oc1ccccc12. The Kier molecular flexibility index (Phi) is 3.05. The summed E-state index contributed by atoms with van der Waals surface area (Å²) in [5, 5.41) is 2.43. The summed E-state index contributed by atoms with van der Waals surface area (Å²) in [5.74, 6) is 2.59. The smallest absolute Gasteiger partial charge is 0.187 e. The molecule has 0 saturated carbocycles. The van der Waals surface area contributed by atoms with Crippen LogP contribution in [-0.2, 0) is 5.60 Å². The summed E-state index contributed by atoms with van der Waals surface area (Å²) >= 11 is 0.